The van der Waals surface area contributed by atoms with E-state index in [0.29, 0.717) is 11.6 Å². The van der Waals surface area contributed by atoms with Gasteiger partial charge in [0.15, 0.2) is 9.84 Å². The van der Waals surface area contributed by atoms with E-state index >= 15 is 0 Å². The molecular weight excluding hydrogens is 258 g/mol. The molecule has 1 rings (SSSR count). The van der Waals surface area contributed by atoms with Gasteiger partial charge in [-0.1, -0.05) is 17.7 Å². The van der Waals surface area contributed by atoms with Crippen molar-refractivity contribution in [2.45, 2.75) is 26.0 Å². The summed E-state index contributed by atoms with van der Waals surface area (Å²) in [5, 5.41) is 3.32. The van der Waals surface area contributed by atoms with Crippen LogP contribution in [0.3, 0.4) is 0 Å². The quantitative estimate of drug-likeness (QED) is 0.899. The Morgan fingerprint density at radius 1 is 1.35 bits per heavy atom. The molecule has 0 heterocycles. The number of nitrogens with one attached hydrogen (secondary N) is 1. The van der Waals surface area contributed by atoms with Gasteiger partial charge in [0.1, 0.15) is 0 Å². The summed E-state index contributed by atoms with van der Waals surface area (Å²) in [6.45, 7) is 5.71. The lowest BCUT2D eigenvalue weighted by Gasteiger charge is -2.11. The summed E-state index contributed by atoms with van der Waals surface area (Å²) in [6, 6.07) is 5.64. The number of anilines is 1. The fourth-order valence-corrected chi connectivity index (χ4v) is 2.49. The van der Waals surface area contributed by atoms with Crippen LogP contribution in [-0.2, 0) is 9.84 Å². The van der Waals surface area contributed by atoms with Crippen molar-refractivity contribution >= 4 is 27.1 Å². The molecule has 5 heteroatoms. The number of hydrogen-bond acceptors (Lipinski definition) is 3. The normalized spacial score (nSPS) is 11.8. The maximum absolute atomic E-state index is 11.6. The molecular formula is C12H18ClNO2S. The minimum absolute atomic E-state index is 0.120. The average Bonchev–Trinajstić information content (AvgIpc) is 2.21. The van der Waals surface area contributed by atoms with Gasteiger partial charge in [0.05, 0.1) is 21.7 Å². The number of halogens is 1. The lowest BCUT2D eigenvalue weighted by Crippen LogP contribution is -2.23. The summed E-state index contributed by atoms with van der Waals surface area (Å²) >= 11 is 6.03. The molecule has 1 aromatic carbocycles. The molecule has 3 nitrogen and oxygen atoms in total. The number of benzene rings is 1. The standard InChI is InChI=1S/C12H18ClNO2S/c1-9(2)17(15,16)7-6-14-12-5-4-10(3)8-11(12)13/h4-5,8-9,14H,6-7H2,1-3H3. The number of rotatable bonds is 5. The van der Waals surface area contributed by atoms with Gasteiger partial charge in [0.25, 0.3) is 0 Å². The van der Waals surface area contributed by atoms with Crippen molar-refractivity contribution < 1.29 is 8.42 Å². The molecule has 0 amide bonds. The van der Waals surface area contributed by atoms with Gasteiger partial charge in [0, 0.05) is 6.54 Å². The highest BCUT2D eigenvalue weighted by Gasteiger charge is 2.15. The molecule has 0 fully saturated rings. The van der Waals surface area contributed by atoms with Crippen LogP contribution in [-0.4, -0.2) is 26.0 Å². The Hall–Kier alpha value is -0.740. The topological polar surface area (TPSA) is 46.2 Å². The molecule has 0 atom stereocenters. The lowest BCUT2D eigenvalue weighted by atomic mass is 10.2. The van der Waals surface area contributed by atoms with Crippen LogP contribution in [0, 0.1) is 6.92 Å². The molecule has 1 aromatic rings. The summed E-state index contributed by atoms with van der Waals surface area (Å²) in [5.74, 6) is 0.120. The second-order valence-electron chi connectivity index (χ2n) is 4.33. The van der Waals surface area contributed by atoms with Gasteiger partial charge in [-0.15, -0.1) is 0 Å². The third-order valence-corrected chi connectivity index (χ3v) is 5.07. The molecule has 1 N–H and O–H groups in total. The highest BCUT2D eigenvalue weighted by molar-refractivity contribution is 7.92. The van der Waals surface area contributed by atoms with Crippen LogP contribution in [0.5, 0.6) is 0 Å². The Kier molecular flexibility index (Phi) is 4.83. The van der Waals surface area contributed by atoms with Crippen molar-refractivity contribution in [3.63, 3.8) is 0 Å². The highest BCUT2D eigenvalue weighted by atomic mass is 35.5. The molecule has 0 aliphatic rings. The third kappa shape index (κ3) is 4.21. The first-order chi connectivity index (χ1) is 7.83. The fraction of sp³-hybridized carbons (Fsp3) is 0.500. The van der Waals surface area contributed by atoms with Crippen LogP contribution in [0.2, 0.25) is 5.02 Å². The van der Waals surface area contributed by atoms with E-state index < -0.39 is 9.84 Å². The fourth-order valence-electron chi connectivity index (χ4n) is 1.33. The second kappa shape index (κ2) is 5.74. The summed E-state index contributed by atoms with van der Waals surface area (Å²) in [6.07, 6.45) is 0. The first-order valence-electron chi connectivity index (χ1n) is 5.54. The second-order valence-corrected chi connectivity index (χ2v) is 7.41. The third-order valence-electron chi connectivity index (χ3n) is 2.54. The van der Waals surface area contributed by atoms with E-state index in [-0.39, 0.29) is 11.0 Å². The van der Waals surface area contributed by atoms with Gasteiger partial charge in [-0.05, 0) is 38.5 Å². The van der Waals surface area contributed by atoms with Gasteiger partial charge in [0.2, 0.25) is 0 Å². The van der Waals surface area contributed by atoms with E-state index in [4.69, 9.17) is 11.6 Å². The SMILES string of the molecule is Cc1ccc(NCCS(=O)(=O)C(C)C)c(Cl)c1. The summed E-state index contributed by atoms with van der Waals surface area (Å²) in [7, 11) is -2.99. The molecule has 0 radical (unpaired) electrons. The molecule has 17 heavy (non-hydrogen) atoms. The number of aryl methyl sites for hydroxylation is 1. The van der Waals surface area contributed by atoms with Crippen LogP contribution in [0.1, 0.15) is 19.4 Å². The molecule has 0 aliphatic heterocycles. The van der Waals surface area contributed by atoms with E-state index in [9.17, 15) is 8.42 Å². The van der Waals surface area contributed by atoms with Crippen molar-refractivity contribution in [2.24, 2.45) is 0 Å². The molecule has 0 bridgehead atoms. The van der Waals surface area contributed by atoms with Crippen molar-refractivity contribution in [3.8, 4) is 0 Å². The van der Waals surface area contributed by atoms with Gasteiger partial charge < -0.3 is 5.32 Å². The van der Waals surface area contributed by atoms with Crippen molar-refractivity contribution in [1.29, 1.82) is 0 Å². The Bertz CT molecular complexity index is 483. The minimum Gasteiger partial charge on any atom is -0.383 e. The van der Waals surface area contributed by atoms with Crippen molar-refractivity contribution in [2.75, 3.05) is 17.6 Å². The Morgan fingerprint density at radius 3 is 2.53 bits per heavy atom. The van der Waals surface area contributed by atoms with Gasteiger partial charge in [-0.25, -0.2) is 8.42 Å². The molecule has 0 saturated carbocycles. The van der Waals surface area contributed by atoms with E-state index in [1.807, 2.05) is 25.1 Å². The van der Waals surface area contributed by atoms with Gasteiger partial charge >= 0.3 is 0 Å². The van der Waals surface area contributed by atoms with E-state index in [2.05, 4.69) is 5.32 Å². The summed E-state index contributed by atoms with van der Waals surface area (Å²) in [4.78, 5) is 0. The number of sulfone groups is 1. The predicted octanol–water partition coefficient (Wildman–Crippen LogP) is 2.88. The number of hydrogen-bond donors (Lipinski definition) is 1. The largest absolute Gasteiger partial charge is 0.383 e. The Balaban J connectivity index is 2.58. The Morgan fingerprint density at radius 2 is 2.00 bits per heavy atom. The maximum atomic E-state index is 11.6. The molecule has 0 aromatic heterocycles. The Labute approximate surface area is 108 Å². The summed E-state index contributed by atoms with van der Waals surface area (Å²) < 4.78 is 23.2. The van der Waals surface area contributed by atoms with Crippen LogP contribution >= 0.6 is 11.6 Å². The first-order valence-corrected chi connectivity index (χ1v) is 7.64. The van der Waals surface area contributed by atoms with E-state index in [1.54, 1.807) is 13.8 Å². The average molecular weight is 276 g/mol. The zero-order valence-electron chi connectivity index (χ0n) is 10.3. The minimum atomic E-state index is -2.99. The van der Waals surface area contributed by atoms with Gasteiger partial charge in [-0.3, -0.25) is 0 Å². The molecule has 0 spiro atoms. The van der Waals surface area contributed by atoms with E-state index in [0.717, 1.165) is 11.3 Å². The van der Waals surface area contributed by atoms with Crippen LogP contribution < -0.4 is 5.32 Å². The monoisotopic (exact) mass is 275 g/mol. The van der Waals surface area contributed by atoms with E-state index in [1.165, 1.54) is 0 Å². The molecule has 0 aliphatic carbocycles. The van der Waals surface area contributed by atoms with Crippen molar-refractivity contribution in [1.82, 2.24) is 0 Å². The molecule has 96 valence electrons. The molecule has 0 unspecified atom stereocenters. The first kappa shape index (κ1) is 14.3. The highest BCUT2D eigenvalue weighted by Crippen LogP contribution is 2.22. The van der Waals surface area contributed by atoms with Crippen LogP contribution in [0.4, 0.5) is 5.69 Å². The summed E-state index contributed by atoms with van der Waals surface area (Å²) in [5.41, 5.74) is 1.85. The zero-order chi connectivity index (χ0) is 13.1. The zero-order valence-corrected chi connectivity index (χ0v) is 11.9. The van der Waals surface area contributed by atoms with Gasteiger partial charge in [-0.2, -0.15) is 0 Å². The lowest BCUT2D eigenvalue weighted by molar-refractivity contribution is 0.588. The van der Waals surface area contributed by atoms with Crippen LogP contribution in [0.15, 0.2) is 18.2 Å². The smallest absolute Gasteiger partial charge is 0.154 e. The molecule has 0 saturated heterocycles. The predicted molar refractivity (Wildman–Crippen MR) is 73.6 cm³/mol. The van der Waals surface area contributed by atoms with Crippen molar-refractivity contribution in [3.05, 3.63) is 28.8 Å². The van der Waals surface area contributed by atoms with Crippen LogP contribution in [0.25, 0.3) is 0 Å². The maximum Gasteiger partial charge on any atom is 0.154 e.